The molecule has 0 atom stereocenters. The van der Waals surface area contributed by atoms with Crippen LogP contribution in [0.4, 0.5) is 5.69 Å². The number of halogens is 1. The van der Waals surface area contributed by atoms with Gasteiger partial charge in [0, 0.05) is 12.1 Å². The molecule has 1 aliphatic rings. The summed E-state index contributed by atoms with van der Waals surface area (Å²) >= 11 is 5.94. The molecule has 1 aliphatic carbocycles. The van der Waals surface area contributed by atoms with Crippen molar-refractivity contribution in [3.05, 3.63) is 38.9 Å². The smallest absolute Gasteiger partial charge is 0.305 e. The average Bonchev–Trinajstić information content (AvgIpc) is 2.37. The molecular formula is C14H15ClN2O5. The number of rotatable bonds is 6. The zero-order valence-electron chi connectivity index (χ0n) is 11.7. The van der Waals surface area contributed by atoms with Gasteiger partial charge >= 0.3 is 5.97 Å². The van der Waals surface area contributed by atoms with Gasteiger partial charge in [0.25, 0.3) is 5.69 Å². The minimum absolute atomic E-state index is 0.0435. The molecule has 1 fully saturated rings. The number of nitrogens with one attached hydrogen (secondary N) is 1. The molecule has 0 spiro atoms. The Balaban J connectivity index is 2.03. The highest BCUT2D eigenvalue weighted by Crippen LogP contribution is 2.35. The molecule has 1 aromatic carbocycles. The molecule has 0 heterocycles. The van der Waals surface area contributed by atoms with E-state index in [0.717, 1.165) is 6.42 Å². The number of carbonyl (C=O) groups excluding carboxylic acids is 1. The van der Waals surface area contributed by atoms with Gasteiger partial charge in [-0.1, -0.05) is 17.7 Å². The van der Waals surface area contributed by atoms with E-state index in [1.165, 1.54) is 18.2 Å². The maximum atomic E-state index is 12.1. The quantitative estimate of drug-likeness (QED) is 0.615. The summed E-state index contributed by atoms with van der Waals surface area (Å²) in [6.45, 7) is 0. The second kappa shape index (κ2) is 6.31. The topological polar surface area (TPSA) is 110 Å². The number of hydrogen-bond donors (Lipinski definition) is 2. The Morgan fingerprint density at radius 1 is 1.41 bits per heavy atom. The minimum atomic E-state index is -0.951. The first-order valence-corrected chi connectivity index (χ1v) is 7.15. The molecule has 118 valence electrons. The number of carbonyl (C=O) groups is 2. The molecular weight excluding hydrogens is 312 g/mol. The van der Waals surface area contributed by atoms with Crippen LogP contribution in [0, 0.1) is 10.1 Å². The van der Waals surface area contributed by atoms with Crippen LogP contribution in [-0.2, 0) is 16.0 Å². The molecule has 0 saturated heterocycles. The lowest BCUT2D eigenvalue weighted by atomic mass is 9.74. The number of benzene rings is 1. The predicted molar refractivity (Wildman–Crippen MR) is 78.8 cm³/mol. The van der Waals surface area contributed by atoms with Gasteiger partial charge in [-0.3, -0.25) is 19.7 Å². The zero-order valence-corrected chi connectivity index (χ0v) is 12.4. The highest BCUT2D eigenvalue weighted by Gasteiger charge is 2.40. The van der Waals surface area contributed by atoms with Gasteiger partial charge in [-0.05, 0) is 24.8 Å². The SMILES string of the molecule is O=C(O)CC1(NC(=O)Cc2ccc([N+](=O)[O-])cc2Cl)CCC1. The van der Waals surface area contributed by atoms with E-state index in [-0.39, 0.29) is 29.5 Å². The van der Waals surface area contributed by atoms with Gasteiger partial charge in [-0.25, -0.2) is 0 Å². The second-order valence-electron chi connectivity index (χ2n) is 5.46. The lowest BCUT2D eigenvalue weighted by Crippen LogP contribution is -2.55. The molecule has 2 rings (SSSR count). The fraction of sp³-hybridized carbons (Fsp3) is 0.429. The van der Waals surface area contributed by atoms with Crippen LogP contribution in [0.2, 0.25) is 5.02 Å². The van der Waals surface area contributed by atoms with Gasteiger partial charge in [0.2, 0.25) is 5.91 Å². The maximum Gasteiger partial charge on any atom is 0.305 e. The molecule has 0 bridgehead atoms. The monoisotopic (exact) mass is 326 g/mol. The lowest BCUT2D eigenvalue weighted by Gasteiger charge is -2.41. The van der Waals surface area contributed by atoms with Crippen LogP contribution in [0.25, 0.3) is 0 Å². The van der Waals surface area contributed by atoms with Crippen LogP contribution in [0.1, 0.15) is 31.2 Å². The van der Waals surface area contributed by atoms with Gasteiger partial charge in [0.05, 0.1) is 28.3 Å². The molecule has 0 radical (unpaired) electrons. The summed E-state index contributed by atoms with van der Waals surface area (Å²) < 4.78 is 0. The van der Waals surface area contributed by atoms with E-state index >= 15 is 0 Å². The van der Waals surface area contributed by atoms with Gasteiger partial charge < -0.3 is 10.4 Å². The summed E-state index contributed by atoms with van der Waals surface area (Å²) in [5.41, 5.74) is -0.346. The standard InChI is InChI=1S/C14H15ClN2O5/c15-11-7-10(17(21)22)3-2-9(11)6-12(18)16-14(4-1-5-14)8-13(19)20/h2-3,7H,1,4-6,8H2,(H,16,18)(H,19,20). The van der Waals surface area contributed by atoms with E-state index in [4.69, 9.17) is 16.7 Å². The number of aliphatic carboxylic acids is 1. The van der Waals surface area contributed by atoms with Gasteiger partial charge in [-0.2, -0.15) is 0 Å². The summed E-state index contributed by atoms with van der Waals surface area (Å²) in [5.74, 6) is -1.29. The number of nitro groups is 1. The largest absolute Gasteiger partial charge is 0.481 e. The van der Waals surface area contributed by atoms with E-state index in [9.17, 15) is 19.7 Å². The number of nitrogens with zero attached hydrogens (tertiary/aromatic N) is 1. The van der Waals surface area contributed by atoms with Crippen LogP contribution in [-0.4, -0.2) is 27.4 Å². The van der Waals surface area contributed by atoms with Crippen molar-refractivity contribution >= 4 is 29.2 Å². The zero-order chi connectivity index (χ0) is 16.3. The Bertz CT molecular complexity index is 628. The molecule has 0 unspecified atom stereocenters. The van der Waals surface area contributed by atoms with E-state index < -0.39 is 16.4 Å². The summed E-state index contributed by atoms with van der Waals surface area (Å²) in [6.07, 6.45) is 2.01. The van der Waals surface area contributed by atoms with Crippen molar-refractivity contribution in [3.8, 4) is 0 Å². The van der Waals surface area contributed by atoms with Crippen molar-refractivity contribution in [3.63, 3.8) is 0 Å². The van der Waals surface area contributed by atoms with Crippen molar-refractivity contribution in [2.75, 3.05) is 0 Å². The number of carboxylic acid groups (broad SMARTS) is 1. The van der Waals surface area contributed by atoms with Gasteiger partial charge in [0.1, 0.15) is 0 Å². The summed E-state index contributed by atoms with van der Waals surface area (Å²) in [6, 6.07) is 3.91. The van der Waals surface area contributed by atoms with Gasteiger partial charge in [0.15, 0.2) is 0 Å². The Hall–Kier alpha value is -2.15. The first-order chi connectivity index (χ1) is 10.3. The fourth-order valence-corrected chi connectivity index (χ4v) is 2.79. The summed E-state index contributed by atoms with van der Waals surface area (Å²) in [7, 11) is 0. The highest BCUT2D eigenvalue weighted by atomic mass is 35.5. The number of amides is 1. The number of non-ortho nitro benzene ring substituents is 1. The Labute approximate surface area is 131 Å². The molecule has 1 amide bonds. The van der Waals surface area contributed by atoms with Crippen molar-refractivity contribution in [1.82, 2.24) is 5.32 Å². The van der Waals surface area contributed by atoms with E-state index in [1.54, 1.807) is 0 Å². The molecule has 2 N–H and O–H groups in total. The third-order valence-electron chi connectivity index (χ3n) is 3.80. The third kappa shape index (κ3) is 3.73. The number of nitro benzene ring substituents is 1. The molecule has 1 saturated carbocycles. The second-order valence-corrected chi connectivity index (χ2v) is 5.87. The van der Waals surface area contributed by atoms with E-state index in [2.05, 4.69) is 5.32 Å². The van der Waals surface area contributed by atoms with Crippen LogP contribution in [0.5, 0.6) is 0 Å². The molecule has 7 nitrogen and oxygen atoms in total. The summed E-state index contributed by atoms with van der Waals surface area (Å²) in [4.78, 5) is 33.0. The Morgan fingerprint density at radius 2 is 2.09 bits per heavy atom. The molecule has 0 aromatic heterocycles. The minimum Gasteiger partial charge on any atom is -0.481 e. The Morgan fingerprint density at radius 3 is 2.55 bits per heavy atom. The first-order valence-electron chi connectivity index (χ1n) is 6.77. The van der Waals surface area contributed by atoms with E-state index in [1.807, 2.05) is 0 Å². The first kappa shape index (κ1) is 16.2. The van der Waals surface area contributed by atoms with Crippen LogP contribution in [0.3, 0.4) is 0 Å². The third-order valence-corrected chi connectivity index (χ3v) is 4.16. The van der Waals surface area contributed by atoms with Crippen molar-refractivity contribution in [2.24, 2.45) is 0 Å². The average molecular weight is 327 g/mol. The number of carboxylic acids is 1. The van der Waals surface area contributed by atoms with Crippen molar-refractivity contribution < 1.29 is 19.6 Å². The van der Waals surface area contributed by atoms with Gasteiger partial charge in [-0.15, -0.1) is 0 Å². The van der Waals surface area contributed by atoms with Crippen LogP contribution >= 0.6 is 11.6 Å². The van der Waals surface area contributed by atoms with Crippen LogP contribution in [0.15, 0.2) is 18.2 Å². The Kier molecular flexibility index (Phi) is 4.65. The fourth-order valence-electron chi connectivity index (χ4n) is 2.55. The van der Waals surface area contributed by atoms with Crippen molar-refractivity contribution in [1.29, 1.82) is 0 Å². The highest BCUT2D eigenvalue weighted by molar-refractivity contribution is 6.31. The molecule has 8 heteroatoms. The summed E-state index contributed by atoms with van der Waals surface area (Å²) in [5, 5.41) is 22.4. The normalized spacial score (nSPS) is 15.7. The van der Waals surface area contributed by atoms with Crippen molar-refractivity contribution in [2.45, 2.75) is 37.6 Å². The molecule has 0 aliphatic heterocycles. The maximum absolute atomic E-state index is 12.1. The number of hydrogen-bond acceptors (Lipinski definition) is 4. The lowest BCUT2D eigenvalue weighted by molar-refractivity contribution is -0.384. The molecule has 22 heavy (non-hydrogen) atoms. The van der Waals surface area contributed by atoms with E-state index in [0.29, 0.717) is 18.4 Å². The molecule has 1 aromatic rings. The predicted octanol–water partition coefficient (Wildman–Crippen LogP) is 2.30. The van der Waals surface area contributed by atoms with Crippen LogP contribution < -0.4 is 5.32 Å².